The van der Waals surface area contributed by atoms with E-state index in [0.717, 1.165) is 0 Å². The van der Waals surface area contributed by atoms with E-state index in [9.17, 15) is 9.59 Å². The first-order chi connectivity index (χ1) is 9.61. The number of aromatic amines is 1. The van der Waals surface area contributed by atoms with E-state index in [1.807, 2.05) is 0 Å². The first-order valence-corrected chi connectivity index (χ1v) is 6.07. The van der Waals surface area contributed by atoms with E-state index >= 15 is 0 Å². The maximum Gasteiger partial charge on any atom is 0.361 e. The number of carbonyl (C=O) groups is 2. The molecule has 0 saturated carbocycles. The standard InChI is InChI=1S/C13H14N4O3/c1-3-20-13(19)12-11(15-17-16-12)9-4-6-10(7-5-9)14-8(2)18/h4-7H,3H2,1-2H3,(H,14,18)(H,15,16,17). The van der Waals surface area contributed by atoms with Crippen molar-refractivity contribution in [1.82, 2.24) is 15.4 Å². The smallest absolute Gasteiger partial charge is 0.361 e. The predicted molar refractivity (Wildman–Crippen MR) is 72.1 cm³/mol. The summed E-state index contributed by atoms with van der Waals surface area (Å²) in [5.41, 5.74) is 1.93. The molecule has 2 rings (SSSR count). The molecule has 20 heavy (non-hydrogen) atoms. The number of aromatic nitrogens is 3. The Morgan fingerprint density at radius 3 is 2.55 bits per heavy atom. The Morgan fingerprint density at radius 2 is 1.95 bits per heavy atom. The summed E-state index contributed by atoms with van der Waals surface area (Å²) in [5, 5.41) is 12.8. The lowest BCUT2D eigenvalue weighted by atomic mass is 10.1. The van der Waals surface area contributed by atoms with Crippen LogP contribution in [0.25, 0.3) is 11.3 Å². The van der Waals surface area contributed by atoms with Crippen molar-refractivity contribution >= 4 is 17.6 Å². The first-order valence-electron chi connectivity index (χ1n) is 6.07. The molecule has 2 aromatic rings. The van der Waals surface area contributed by atoms with Crippen LogP contribution in [-0.2, 0) is 9.53 Å². The van der Waals surface area contributed by atoms with E-state index in [-0.39, 0.29) is 18.2 Å². The van der Waals surface area contributed by atoms with Gasteiger partial charge in [-0.25, -0.2) is 4.79 Å². The lowest BCUT2D eigenvalue weighted by Crippen LogP contribution is -2.07. The zero-order chi connectivity index (χ0) is 14.5. The molecule has 0 bridgehead atoms. The molecule has 7 nitrogen and oxygen atoms in total. The van der Waals surface area contributed by atoms with Gasteiger partial charge in [-0.3, -0.25) is 4.79 Å². The van der Waals surface area contributed by atoms with Crippen molar-refractivity contribution < 1.29 is 14.3 Å². The Labute approximate surface area is 115 Å². The molecule has 0 spiro atoms. The molecule has 2 N–H and O–H groups in total. The molecule has 0 radical (unpaired) electrons. The zero-order valence-electron chi connectivity index (χ0n) is 11.1. The summed E-state index contributed by atoms with van der Waals surface area (Å²) in [4.78, 5) is 22.7. The summed E-state index contributed by atoms with van der Waals surface area (Å²) in [5.74, 6) is -0.673. The van der Waals surface area contributed by atoms with E-state index in [2.05, 4.69) is 20.7 Å². The molecule has 0 unspecified atom stereocenters. The fourth-order valence-electron chi connectivity index (χ4n) is 1.69. The molecule has 7 heteroatoms. The summed E-state index contributed by atoms with van der Waals surface area (Å²) < 4.78 is 4.91. The van der Waals surface area contributed by atoms with Gasteiger partial charge in [0.1, 0.15) is 5.69 Å². The van der Waals surface area contributed by atoms with Gasteiger partial charge in [0.25, 0.3) is 0 Å². The van der Waals surface area contributed by atoms with E-state index < -0.39 is 5.97 Å². The molecule has 0 aliphatic rings. The van der Waals surface area contributed by atoms with Crippen LogP contribution >= 0.6 is 0 Å². The van der Waals surface area contributed by atoms with Crippen LogP contribution in [0.2, 0.25) is 0 Å². The number of rotatable bonds is 4. The number of nitrogens with one attached hydrogen (secondary N) is 2. The molecule has 104 valence electrons. The van der Waals surface area contributed by atoms with Gasteiger partial charge in [0.2, 0.25) is 5.91 Å². The van der Waals surface area contributed by atoms with E-state index in [1.165, 1.54) is 6.92 Å². The van der Waals surface area contributed by atoms with Gasteiger partial charge in [-0.05, 0) is 19.1 Å². The van der Waals surface area contributed by atoms with Crippen LogP contribution in [0.5, 0.6) is 0 Å². The Balaban J connectivity index is 2.26. The number of amides is 1. The van der Waals surface area contributed by atoms with Gasteiger partial charge in [-0.2, -0.15) is 10.3 Å². The number of carbonyl (C=O) groups excluding carboxylic acids is 2. The van der Waals surface area contributed by atoms with Crippen molar-refractivity contribution in [2.45, 2.75) is 13.8 Å². The molecule has 1 aromatic carbocycles. The Kier molecular flexibility index (Phi) is 4.09. The number of hydrogen-bond acceptors (Lipinski definition) is 5. The fraction of sp³-hybridized carbons (Fsp3) is 0.231. The van der Waals surface area contributed by atoms with Crippen molar-refractivity contribution in [3.63, 3.8) is 0 Å². The highest BCUT2D eigenvalue weighted by Gasteiger charge is 2.18. The Hall–Kier alpha value is -2.70. The number of benzene rings is 1. The fourth-order valence-corrected chi connectivity index (χ4v) is 1.69. The number of anilines is 1. The van der Waals surface area contributed by atoms with Crippen LogP contribution in [0.4, 0.5) is 5.69 Å². The minimum atomic E-state index is -0.526. The van der Waals surface area contributed by atoms with Gasteiger partial charge in [0.15, 0.2) is 5.69 Å². The molecular formula is C13H14N4O3. The second kappa shape index (κ2) is 5.96. The molecular weight excluding hydrogens is 260 g/mol. The highest BCUT2D eigenvalue weighted by Crippen LogP contribution is 2.22. The highest BCUT2D eigenvalue weighted by atomic mass is 16.5. The predicted octanol–water partition coefficient (Wildman–Crippen LogP) is 1.61. The Morgan fingerprint density at radius 1 is 1.25 bits per heavy atom. The van der Waals surface area contributed by atoms with Crippen LogP contribution in [0, 0.1) is 0 Å². The summed E-state index contributed by atoms with van der Waals surface area (Å²) in [7, 11) is 0. The molecule has 0 atom stereocenters. The van der Waals surface area contributed by atoms with Crippen molar-refractivity contribution in [3.8, 4) is 11.3 Å². The molecule has 1 heterocycles. The van der Waals surface area contributed by atoms with Gasteiger partial charge in [-0.15, -0.1) is 5.10 Å². The monoisotopic (exact) mass is 274 g/mol. The van der Waals surface area contributed by atoms with E-state index in [0.29, 0.717) is 16.9 Å². The van der Waals surface area contributed by atoms with Gasteiger partial charge in [0.05, 0.1) is 6.61 Å². The lowest BCUT2D eigenvalue weighted by Gasteiger charge is -2.04. The second-order valence-corrected chi connectivity index (χ2v) is 4.00. The van der Waals surface area contributed by atoms with Crippen LogP contribution in [0.3, 0.4) is 0 Å². The second-order valence-electron chi connectivity index (χ2n) is 4.00. The quantitative estimate of drug-likeness (QED) is 0.825. The van der Waals surface area contributed by atoms with E-state index in [1.54, 1.807) is 31.2 Å². The average Bonchev–Trinajstić information content (AvgIpc) is 2.88. The number of hydrogen-bond donors (Lipinski definition) is 2. The van der Waals surface area contributed by atoms with E-state index in [4.69, 9.17) is 4.74 Å². The maximum atomic E-state index is 11.7. The molecule has 0 saturated heterocycles. The Bertz CT molecular complexity index is 619. The number of ether oxygens (including phenoxy) is 1. The number of nitrogens with zero attached hydrogens (tertiary/aromatic N) is 2. The third-order valence-corrected chi connectivity index (χ3v) is 2.50. The van der Waals surface area contributed by atoms with Crippen molar-refractivity contribution in [2.24, 2.45) is 0 Å². The van der Waals surface area contributed by atoms with Gasteiger partial charge >= 0.3 is 5.97 Å². The van der Waals surface area contributed by atoms with Crippen LogP contribution in [0.15, 0.2) is 24.3 Å². The largest absolute Gasteiger partial charge is 0.461 e. The third-order valence-electron chi connectivity index (χ3n) is 2.50. The zero-order valence-corrected chi connectivity index (χ0v) is 11.1. The molecule has 1 aromatic heterocycles. The lowest BCUT2D eigenvalue weighted by molar-refractivity contribution is -0.114. The third kappa shape index (κ3) is 3.00. The first kappa shape index (κ1) is 13.7. The van der Waals surface area contributed by atoms with Crippen LogP contribution in [0.1, 0.15) is 24.3 Å². The SMILES string of the molecule is CCOC(=O)c1n[nH]nc1-c1ccc(NC(C)=O)cc1. The summed E-state index contributed by atoms with van der Waals surface area (Å²) in [6.45, 7) is 3.43. The number of H-pyrrole nitrogens is 1. The van der Waals surface area contributed by atoms with Gasteiger partial charge in [-0.1, -0.05) is 12.1 Å². The minimum Gasteiger partial charge on any atom is -0.461 e. The van der Waals surface area contributed by atoms with Gasteiger partial charge < -0.3 is 10.1 Å². The molecule has 0 fully saturated rings. The molecule has 0 aliphatic heterocycles. The average molecular weight is 274 g/mol. The maximum absolute atomic E-state index is 11.7. The molecule has 0 aliphatic carbocycles. The van der Waals surface area contributed by atoms with Crippen molar-refractivity contribution in [3.05, 3.63) is 30.0 Å². The number of esters is 1. The molecule has 1 amide bonds. The van der Waals surface area contributed by atoms with Crippen molar-refractivity contribution in [2.75, 3.05) is 11.9 Å². The minimum absolute atomic E-state index is 0.138. The van der Waals surface area contributed by atoms with Gasteiger partial charge in [0, 0.05) is 18.2 Å². The van der Waals surface area contributed by atoms with Crippen LogP contribution < -0.4 is 5.32 Å². The summed E-state index contributed by atoms with van der Waals surface area (Å²) in [6, 6.07) is 6.93. The highest BCUT2D eigenvalue weighted by molar-refractivity contribution is 5.94. The normalized spacial score (nSPS) is 10.1. The van der Waals surface area contributed by atoms with Crippen molar-refractivity contribution in [1.29, 1.82) is 0 Å². The summed E-state index contributed by atoms with van der Waals surface area (Å²) in [6.07, 6.45) is 0. The van der Waals surface area contributed by atoms with Crippen LogP contribution in [-0.4, -0.2) is 33.9 Å². The summed E-state index contributed by atoms with van der Waals surface area (Å²) >= 11 is 0. The topological polar surface area (TPSA) is 97.0 Å².